The maximum atomic E-state index is 13.8. The standard InChI is InChI=1S/C45H58O10/c1-43-23-20-31(46)26-30(43)15-18-35-36(43)21-24-44(2)37(35)22-25-45(44,53)40(49)28-54-42(52)55-32(16-14-29-10-6-5-7-11-29)17-19-34-33(38(47)27-39(34)48)12-8-3-4-9-13-41(50)51/h3,5-8,10-11,17,19,21,26,32-35,37-39,47-48,53H,4,9,12-16,18,20,22-25,27-28H2,1-2H3,(H,50,51)/b8-3-,19-17+/t32?,33-,34-,35+,37-,38+,39-,43?,44?,45-/m0/s1. The number of aliphatic hydroxyl groups excluding tert-OH is 2. The van der Waals surface area contributed by atoms with Crippen LogP contribution in [0, 0.1) is 34.5 Å². The molecular formula is C45H58O10. The number of ketones is 2. The van der Waals surface area contributed by atoms with Crippen molar-refractivity contribution in [3.8, 4) is 0 Å². The van der Waals surface area contributed by atoms with E-state index in [1.165, 1.54) is 11.1 Å². The molecule has 1 aromatic carbocycles. The maximum absolute atomic E-state index is 13.8. The summed E-state index contributed by atoms with van der Waals surface area (Å²) < 4.78 is 11.2. The molecule has 10 heteroatoms. The molecule has 0 radical (unpaired) electrons. The molecule has 55 heavy (non-hydrogen) atoms. The molecule has 10 atom stereocenters. The van der Waals surface area contributed by atoms with Crippen LogP contribution in [0.2, 0.25) is 0 Å². The predicted octanol–water partition coefficient (Wildman–Crippen LogP) is 7.01. The number of carboxylic acid groups (broad SMARTS) is 1. The van der Waals surface area contributed by atoms with Gasteiger partial charge in [-0.05, 0) is 106 Å². The lowest BCUT2D eigenvalue weighted by atomic mass is 9.50. The largest absolute Gasteiger partial charge is 0.509 e. The number of unbranched alkanes of at least 4 members (excludes halogenated alkanes) is 1. The summed E-state index contributed by atoms with van der Waals surface area (Å²) in [4.78, 5) is 50.1. The Labute approximate surface area is 324 Å². The molecule has 0 spiro atoms. The van der Waals surface area contributed by atoms with Crippen LogP contribution in [0.1, 0.15) is 103 Å². The number of hydrogen-bond donors (Lipinski definition) is 4. The number of aryl methyl sites for hydroxylation is 1. The van der Waals surface area contributed by atoms with E-state index in [1.54, 1.807) is 12.2 Å². The molecule has 3 unspecified atom stereocenters. The third kappa shape index (κ3) is 8.61. The van der Waals surface area contributed by atoms with E-state index in [9.17, 15) is 34.5 Å². The molecule has 10 nitrogen and oxygen atoms in total. The summed E-state index contributed by atoms with van der Waals surface area (Å²) in [7, 11) is 0. The van der Waals surface area contributed by atoms with Crippen LogP contribution in [0.25, 0.3) is 0 Å². The molecule has 3 fully saturated rings. The number of fused-ring (bicyclic) bond motifs is 5. The minimum absolute atomic E-state index is 0.0881. The Bertz CT molecular complexity index is 1710. The molecule has 0 aromatic heterocycles. The van der Waals surface area contributed by atoms with Gasteiger partial charge in [0.15, 0.2) is 12.4 Å². The highest BCUT2D eigenvalue weighted by Crippen LogP contribution is 2.65. The number of aliphatic hydroxyl groups is 3. The molecular weight excluding hydrogens is 700 g/mol. The van der Waals surface area contributed by atoms with E-state index in [0.29, 0.717) is 51.4 Å². The number of rotatable bonds is 15. The van der Waals surface area contributed by atoms with Crippen molar-refractivity contribution in [2.45, 2.75) is 128 Å². The second kappa shape index (κ2) is 17.1. The average molecular weight is 759 g/mol. The fourth-order valence-electron chi connectivity index (χ4n) is 10.6. The quantitative estimate of drug-likeness (QED) is 0.0830. The number of carboxylic acids is 1. The van der Waals surface area contributed by atoms with Crippen LogP contribution in [0.3, 0.4) is 0 Å². The highest BCUT2D eigenvalue weighted by atomic mass is 16.7. The summed E-state index contributed by atoms with van der Waals surface area (Å²) in [5.41, 5.74) is 1.07. The number of aliphatic carboxylic acids is 1. The zero-order chi connectivity index (χ0) is 39.4. The van der Waals surface area contributed by atoms with Crippen LogP contribution in [-0.4, -0.2) is 74.6 Å². The zero-order valence-corrected chi connectivity index (χ0v) is 32.2. The van der Waals surface area contributed by atoms with Gasteiger partial charge in [-0.2, -0.15) is 0 Å². The van der Waals surface area contributed by atoms with Crippen molar-refractivity contribution in [1.29, 1.82) is 0 Å². The molecule has 298 valence electrons. The Morgan fingerprint density at radius 1 is 1.02 bits per heavy atom. The number of Topliss-reactive ketones (excluding diaryl/α,β-unsaturated/α-hetero) is 1. The molecule has 6 rings (SSSR count). The summed E-state index contributed by atoms with van der Waals surface area (Å²) in [5.74, 6) is -1.53. The molecule has 4 N–H and O–H groups in total. The predicted molar refractivity (Wildman–Crippen MR) is 206 cm³/mol. The molecule has 1 aromatic rings. The van der Waals surface area contributed by atoms with Crippen LogP contribution in [0.15, 0.2) is 77.9 Å². The van der Waals surface area contributed by atoms with E-state index in [2.05, 4.69) is 13.0 Å². The van der Waals surface area contributed by atoms with Gasteiger partial charge in [-0.1, -0.05) is 79.6 Å². The van der Waals surface area contributed by atoms with E-state index < -0.39 is 59.8 Å². The van der Waals surface area contributed by atoms with Crippen molar-refractivity contribution in [1.82, 2.24) is 0 Å². The van der Waals surface area contributed by atoms with Crippen LogP contribution < -0.4 is 0 Å². The first-order valence-electron chi connectivity index (χ1n) is 20.2. The second-order valence-electron chi connectivity index (χ2n) is 17.0. The molecule has 5 aliphatic carbocycles. The van der Waals surface area contributed by atoms with Crippen LogP contribution in [-0.2, 0) is 30.3 Å². The fraction of sp³-hybridized carbons (Fsp3) is 0.600. The smallest absolute Gasteiger partial charge is 0.481 e. The third-order valence-corrected chi connectivity index (χ3v) is 13.9. The van der Waals surface area contributed by atoms with Crippen molar-refractivity contribution in [2.24, 2.45) is 34.5 Å². The lowest BCUT2D eigenvalue weighted by molar-refractivity contribution is -0.156. The van der Waals surface area contributed by atoms with E-state index >= 15 is 0 Å². The molecule has 5 aliphatic rings. The minimum atomic E-state index is -1.66. The monoisotopic (exact) mass is 758 g/mol. The first kappa shape index (κ1) is 40.8. The first-order chi connectivity index (χ1) is 26.2. The molecule has 0 bridgehead atoms. The number of ether oxygens (including phenoxy) is 2. The van der Waals surface area contributed by atoms with Gasteiger partial charge < -0.3 is 29.9 Å². The van der Waals surface area contributed by atoms with Gasteiger partial charge in [-0.25, -0.2) is 4.79 Å². The number of benzene rings is 1. The van der Waals surface area contributed by atoms with Crippen molar-refractivity contribution >= 4 is 23.7 Å². The number of carbonyl (C=O) groups is 4. The molecule has 3 saturated carbocycles. The number of carbonyl (C=O) groups excluding carboxylic acids is 3. The van der Waals surface area contributed by atoms with Crippen molar-refractivity contribution in [3.63, 3.8) is 0 Å². The van der Waals surface area contributed by atoms with Crippen molar-refractivity contribution in [3.05, 3.63) is 83.5 Å². The molecule has 0 saturated heterocycles. The van der Waals surface area contributed by atoms with Crippen molar-refractivity contribution < 1.29 is 49.1 Å². The van der Waals surface area contributed by atoms with E-state index in [-0.39, 0.29) is 48.2 Å². The Morgan fingerprint density at radius 2 is 1.80 bits per heavy atom. The van der Waals surface area contributed by atoms with Gasteiger partial charge in [0.2, 0.25) is 5.78 Å². The third-order valence-electron chi connectivity index (χ3n) is 13.9. The van der Waals surface area contributed by atoms with Gasteiger partial charge >= 0.3 is 12.1 Å². The summed E-state index contributed by atoms with van der Waals surface area (Å²) in [6, 6.07) is 9.74. The Balaban J connectivity index is 1.09. The molecule has 0 heterocycles. The van der Waals surface area contributed by atoms with Gasteiger partial charge in [0.05, 0.1) is 12.2 Å². The maximum Gasteiger partial charge on any atom is 0.509 e. The average Bonchev–Trinajstić information content (AvgIpc) is 3.60. The van der Waals surface area contributed by atoms with Gasteiger partial charge in [0.25, 0.3) is 0 Å². The van der Waals surface area contributed by atoms with Gasteiger partial charge in [-0.3, -0.25) is 14.4 Å². The topological polar surface area (TPSA) is 168 Å². The van der Waals surface area contributed by atoms with Crippen LogP contribution >= 0.6 is 0 Å². The van der Waals surface area contributed by atoms with Gasteiger partial charge in [0.1, 0.15) is 11.7 Å². The highest BCUT2D eigenvalue weighted by molar-refractivity contribution is 5.92. The summed E-state index contributed by atoms with van der Waals surface area (Å²) in [6.45, 7) is 3.62. The van der Waals surface area contributed by atoms with E-state index in [1.807, 2.05) is 55.5 Å². The summed E-state index contributed by atoms with van der Waals surface area (Å²) >= 11 is 0. The normalized spacial score (nSPS) is 34.7. The SMILES string of the molecule is CC12CCC(=O)C=C1CC[C@@H]1C2=CCC2(C)[C@H]1CC[C@]2(O)C(=O)COC(=O)OC(/C=C/[C@H]1[C@H](C/C=C\CCCC(=O)O)[C@H](O)C[C@@H]1O)CCc1ccccc1. The Hall–Kier alpha value is -3.86. The molecule has 0 amide bonds. The lowest BCUT2D eigenvalue weighted by Crippen LogP contribution is -2.55. The van der Waals surface area contributed by atoms with Gasteiger partial charge in [0, 0.05) is 36.0 Å². The van der Waals surface area contributed by atoms with Gasteiger partial charge in [-0.15, -0.1) is 0 Å². The molecule has 0 aliphatic heterocycles. The summed E-state index contributed by atoms with van der Waals surface area (Å²) in [5, 5.41) is 42.5. The Kier molecular flexibility index (Phi) is 12.7. The minimum Gasteiger partial charge on any atom is -0.481 e. The van der Waals surface area contributed by atoms with E-state index in [4.69, 9.17) is 14.6 Å². The van der Waals surface area contributed by atoms with Crippen LogP contribution in [0.5, 0.6) is 0 Å². The lowest BCUT2D eigenvalue weighted by Gasteiger charge is -2.54. The highest BCUT2D eigenvalue weighted by Gasteiger charge is 2.64. The zero-order valence-electron chi connectivity index (χ0n) is 32.2. The number of allylic oxidation sites excluding steroid dienone is 6. The van der Waals surface area contributed by atoms with E-state index in [0.717, 1.165) is 24.8 Å². The Morgan fingerprint density at radius 3 is 2.56 bits per heavy atom. The van der Waals surface area contributed by atoms with Crippen LogP contribution in [0.4, 0.5) is 4.79 Å². The number of hydrogen-bond acceptors (Lipinski definition) is 9. The fourth-order valence-corrected chi connectivity index (χ4v) is 10.6. The van der Waals surface area contributed by atoms with Crippen molar-refractivity contribution in [2.75, 3.05) is 6.61 Å². The summed E-state index contributed by atoms with van der Waals surface area (Å²) in [6.07, 6.45) is 15.6. The second-order valence-corrected chi connectivity index (χ2v) is 17.0. The first-order valence-corrected chi connectivity index (χ1v) is 20.2.